The Kier molecular flexibility index (Phi) is 3.57. The summed E-state index contributed by atoms with van der Waals surface area (Å²) in [5.41, 5.74) is 4.65. The molecule has 0 atom stereocenters. The van der Waals surface area contributed by atoms with Crippen molar-refractivity contribution in [2.24, 2.45) is 0 Å². The number of aromatic nitrogens is 3. The standard InChI is InChI=1S/C16H16BrN3/c1-10-4-3-5-12(8-10)6-7-14-15-13(17)9-18-16(15)20-11(2)19-14/h3-5,8-9H,6-7H2,1-2H3,(H,18,19,20). The van der Waals surface area contributed by atoms with Gasteiger partial charge in [-0.25, -0.2) is 9.97 Å². The first kappa shape index (κ1) is 13.3. The molecule has 20 heavy (non-hydrogen) atoms. The van der Waals surface area contributed by atoms with Gasteiger partial charge >= 0.3 is 0 Å². The van der Waals surface area contributed by atoms with E-state index in [0.29, 0.717) is 0 Å². The Hall–Kier alpha value is -1.68. The number of aromatic amines is 1. The molecule has 4 heteroatoms. The fraction of sp³-hybridized carbons (Fsp3) is 0.250. The van der Waals surface area contributed by atoms with Gasteiger partial charge in [0, 0.05) is 10.7 Å². The van der Waals surface area contributed by atoms with E-state index in [9.17, 15) is 0 Å². The van der Waals surface area contributed by atoms with Crippen LogP contribution in [-0.2, 0) is 12.8 Å². The number of H-pyrrole nitrogens is 1. The lowest BCUT2D eigenvalue weighted by molar-refractivity contribution is 0.897. The van der Waals surface area contributed by atoms with Crippen molar-refractivity contribution in [3.05, 3.63) is 57.6 Å². The second-order valence-electron chi connectivity index (χ2n) is 5.07. The number of benzene rings is 1. The minimum Gasteiger partial charge on any atom is -0.345 e. The molecule has 3 rings (SSSR count). The first-order chi connectivity index (χ1) is 9.63. The highest BCUT2D eigenvalue weighted by Crippen LogP contribution is 2.26. The number of aryl methyl sites for hydroxylation is 4. The quantitative estimate of drug-likeness (QED) is 0.785. The number of hydrogen-bond acceptors (Lipinski definition) is 2. The predicted octanol–water partition coefficient (Wildman–Crippen LogP) is 4.12. The van der Waals surface area contributed by atoms with Crippen molar-refractivity contribution < 1.29 is 0 Å². The Balaban J connectivity index is 1.92. The van der Waals surface area contributed by atoms with Crippen LogP contribution in [-0.4, -0.2) is 15.0 Å². The maximum absolute atomic E-state index is 4.61. The van der Waals surface area contributed by atoms with Crippen LogP contribution in [0.25, 0.3) is 11.0 Å². The van der Waals surface area contributed by atoms with E-state index in [1.165, 1.54) is 11.1 Å². The number of rotatable bonds is 3. The van der Waals surface area contributed by atoms with E-state index in [1.54, 1.807) is 0 Å². The molecule has 0 bridgehead atoms. The van der Waals surface area contributed by atoms with Crippen molar-refractivity contribution in [1.29, 1.82) is 0 Å². The Bertz CT molecular complexity index is 762. The van der Waals surface area contributed by atoms with Gasteiger partial charge in [-0.15, -0.1) is 0 Å². The summed E-state index contributed by atoms with van der Waals surface area (Å²) < 4.78 is 1.03. The molecule has 3 nitrogen and oxygen atoms in total. The van der Waals surface area contributed by atoms with Crippen molar-refractivity contribution in [3.8, 4) is 0 Å². The van der Waals surface area contributed by atoms with E-state index < -0.39 is 0 Å². The van der Waals surface area contributed by atoms with Crippen LogP contribution in [0.4, 0.5) is 0 Å². The number of fused-ring (bicyclic) bond motifs is 1. The topological polar surface area (TPSA) is 41.6 Å². The van der Waals surface area contributed by atoms with Gasteiger partial charge in [0.15, 0.2) is 0 Å². The molecule has 0 spiro atoms. The first-order valence-electron chi connectivity index (χ1n) is 6.69. The van der Waals surface area contributed by atoms with Gasteiger partial charge in [-0.2, -0.15) is 0 Å². The summed E-state index contributed by atoms with van der Waals surface area (Å²) in [6.07, 6.45) is 3.83. The minimum atomic E-state index is 0.811. The van der Waals surface area contributed by atoms with Crippen LogP contribution in [0.15, 0.2) is 34.9 Å². The molecule has 2 aromatic heterocycles. The Labute approximate surface area is 126 Å². The molecule has 0 saturated carbocycles. The lowest BCUT2D eigenvalue weighted by atomic mass is 10.0. The SMILES string of the molecule is Cc1cccc(CCc2nc(C)nc3[nH]cc(Br)c23)c1. The van der Waals surface area contributed by atoms with Gasteiger partial charge in [0.1, 0.15) is 11.5 Å². The van der Waals surface area contributed by atoms with Crippen LogP contribution in [0.3, 0.4) is 0 Å². The number of halogens is 1. The zero-order valence-electron chi connectivity index (χ0n) is 11.6. The largest absolute Gasteiger partial charge is 0.345 e. The molecule has 0 unspecified atom stereocenters. The van der Waals surface area contributed by atoms with Gasteiger partial charge in [0.05, 0.1) is 11.1 Å². The van der Waals surface area contributed by atoms with Crippen LogP contribution >= 0.6 is 15.9 Å². The monoisotopic (exact) mass is 329 g/mol. The molecular weight excluding hydrogens is 314 g/mol. The van der Waals surface area contributed by atoms with E-state index in [4.69, 9.17) is 0 Å². The molecule has 0 radical (unpaired) electrons. The fourth-order valence-electron chi connectivity index (χ4n) is 2.50. The van der Waals surface area contributed by atoms with Gasteiger partial charge in [-0.05, 0) is 48.2 Å². The van der Waals surface area contributed by atoms with Crippen molar-refractivity contribution in [2.45, 2.75) is 26.7 Å². The highest BCUT2D eigenvalue weighted by molar-refractivity contribution is 9.10. The van der Waals surface area contributed by atoms with E-state index in [1.807, 2.05) is 13.1 Å². The van der Waals surface area contributed by atoms with E-state index in [0.717, 1.165) is 39.9 Å². The Morgan fingerprint density at radius 3 is 2.80 bits per heavy atom. The van der Waals surface area contributed by atoms with Crippen LogP contribution in [0.5, 0.6) is 0 Å². The summed E-state index contributed by atoms with van der Waals surface area (Å²) in [5.74, 6) is 0.811. The molecule has 0 aliphatic carbocycles. The molecule has 0 amide bonds. The third kappa shape index (κ3) is 2.61. The second kappa shape index (κ2) is 5.37. The van der Waals surface area contributed by atoms with E-state index >= 15 is 0 Å². The Morgan fingerprint density at radius 1 is 1.15 bits per heavy atom. The zero-order chi connectivity index (χ0) is 14.1. The maximum Gasteiger partial charge on any atom is 0.142 e. The van der Waals surface area contributed by atoms with Gasteiger partial charge in [0.25, 0.3) is 0 Å². The van der Waals surface area contributed by atoms with Gasteiger partial charge in [0.2, 0.25) is 0 Å². The summed E-state index contributed by atoms with van der Waals surface area (Å²) in [5, 5.41) is 1.10. The Morgan fingerprint density at radius 2 is 2.00 bits per heavy atom. The van der Waals surface area contributed by atoms with Gasteiger partial charge < -0.3 is 4.98 Å². The average molecular weight is 330 g/mol. The van der Waals surface area contributed by atoms with Crippen molar-refractivity contribution in [2.75, 3.05) is 0 Å². The lowest BCUT2D eigenvalue weighted by Crippen LogP contribution is -2.00. The predicted molar refractivity (Wildman–Crippen MR) is 84.9 cm³/mol. The van der Waals surface area contributed by atoms with Gasteiger partial charge in [-0.1, -0.05) is 29.8 Å². The van der Waals surface area contributed by atoms with Crippen LogP contribution < -0.4 is 0 Å². The highest BCUT2D eigenvalue weighted by Gasteiger charge is 2.11. The minimum absolute atomic E-state index is 0.811. The zero-order valence-corrected chi connectivity index (χ0v) is 13.2. The fourth-order valence-corrected chi connectivity index (χ4v) is 3.03. The third-order valence-corrected chi connectivity index (χ3v) is 4.03. The molecule has 0 aliphatic heterocycles. The van der Waals surface area contributed by atoms with E-state index in [-0.39, 0.29) is 0 Å². The number of nitrogens with zero attached hydrogens (tertiary/aromatic N) is 2. The number of hydrogen-bond donors (Lipinski definition) is 1. The summed E-state index contributed by atoms with van der Waals surface area (Å²) in [6, 6.07) is 8.64. The van der Waals surface area contributed by atoms with Crippen molar-refractivity contribution >= 4 is 27.0 Å². The van der Waals surface area contributed by atoms with Gasteiger partial charge in [-0.3, -0.25) is 0 Å². The molecule has 102 valence electrons. The average Bonchev–Trinajstić information content (AvgIpc) is 2.77. The van der Waals surface area contributed by atoms with Crippen molar-refractivity contribution in [1.82, 2.24) is 15.0 Å². The molecule has 0 fully saturated rings. The first-order valence-corrected chi connectivity index (χ1v) is 7.48. The van der Waals surface area contributed by atoms with Crippen LogP contribution in [0.1, 0.15) is 22.6 Å². The van der Waals surface area contributed by atoms with Crippen molar-refractivity contribution in [3.63, 3.8) is 0 Å². The lowest BCUT2D eigenvalue weighted by Gasteiger charge is -2.06. The summed E-state index contributed by atoms with van der Waals surface area (Å²) in [6.45, 7) is 4.06. The smallest absolute Gasteiger partial charge is 0.142 e. The number of nitrogens with one attached hydrogen (secondary N) is 1. The van der Waals surface area contributed by atoms with Crippen LogP contribution in [0, 0.1) is 13.8 Å². The summed E-state index contributed by atoms with van der Waals surface area (Å²) >= 11 is 3.57. The second-order valence-corrected chi connectivity index (χ2v) is 5.92. The molecule has 2 heterocycles. The normalized spacial score (nSPS) is 11.2. The highest BCUT2D eigenvalue weighted by atomic mass is 79.9. The molecule has 1 N–H and O–H groups in total. The molecular formula is C16H16BrN3. The third-order valence-electron chi connectivity index (χ3n) is 3.40. The molecule has 3 aromatic rings. The summed E-state index contributed by atoms with van der Waals surface area (Å²) in [4.78, 5) is 12.2. The van der Waals surface area contributed by atoms with E-state index in [2.05, 4.69) is 62.1 Å². The maximum atomic E-state index is 4.61. The molecule has 1 aromatic carbocycles. The molecule has 0 saturated heterocycles. The summed E-state index contributed by atoms with van der Waals surface area (Å²) in [7, 11) is 0. The van der Waals surface area contributed by atoms with Crippen LogP contribution in [0.2, 0.25) is 0 Å². The molecule has 0 aliphatic rings.